The van der Waals surface area contributed by atoms with Crippen LogP contribution in [0.5, 0.6) is 0 Å². The smallest absolute Gasteiger partial charge is 0.323 e. The maximum Gasteiger partial charge on any atom is 0.323 e. The fraction of sp³-hybridized carbons (Fsp3) is 0.286. The molecule has 9 nitrogen and oxygen atoms in total. The average Bonchev–Trinajstić information content (AvgIpc) is 3.11. The maximum absolute atomic E-state index is 12.1. The van der Waals surface area contributed by atoms with Crippen LogP contribution in [0, 0.1) is 0 Å². The van der Waals surface area contributed by atoms with Gasteiger partial charge in [0.05, 0.1) is 6.26 Å². The van der Waals surface area contributed by atoms with Crippen LogP contribution in [0.4, 0.5) is 10.6 Å². The number of carbonyl (C=O) groups excluding carboxylic acids is 2. The molecule has 0 unspecified atom stereocenters. The Balaban J connectivity index is 1.54. The number of nitrogens with zero attached hydrogens (tertiary/aromatic N) is 3. The number of urea groups is 1. The lowest BCUT2D eigenvalue weighted by molar-refractivity contribution is 0.0640. The Labute approximate surface area is 130 Å². The highest BCUT2D eigenvalue weighted by atomic mass is 16.3. The lowest BCUT2D eigenvalue weighted by atomic mass is 10.3. The molecule has 2 N–H and O–H groups in total. The van der Waals surface area contributed by atoms with E-state index in [9.17, 15) is 14.4 Å². The molecule has 0 aliphatic carbocycles. The third-order valence-corrected chi connectivity index (χ3v) is 3.50. The summed E-state index contributed by atoms with van der Waals surface area (Å²) in [5.74, 6) is 0.376. The van der Waals surface area contributed by atoms with Gasteiger partial charge in [0.15, 0.2) is 11.6 Å². The van der Waals surface area contributed by atoms with E-state index in [-0.39, 0.29) is 23.3 Å². The molecular weight excluding hydrogens is 302 g/mol. The molecule has 0 saturated carbocycles. The molecule has 1 aliphatic heterocycles. The summed E-state index contributed by atoms with van der Waals surface area (Å²) in [4.78, 5) is 38.4. The molecule has 120 valence electrons. The van der Waals surface area contributed by atoms with Crippen LogP contribution in [0.1, 0.15) is 10.6 Å². The van der Waals surface area contributed by atoms with Crippen molar-refractivity contribution < 1.29 is 14.0 Å². The second-order valence-electron chi connectivity index (χ2n) is 4.99. The minimum absolute atomic E-state index is 0.183. The monoisotopic (exact) mass is 317 g/mol. The zero-order chi connectivity index (χ0) is 16.2. The van der Waals surface area contributed by atoms with Gasteiger partial charge in [-0.25, -0.2) is 9.89 Å². The van der Waals surface area contributed by atoms with Crippen LogP contribution >= 0.6 is 0 Å². The SMILES string of the molecule is O=C(Nc1ccc(=O)[nH]n1)N1CCN(C(=O)c2ccco2)CC1. The van der Waals surface area contributed by atoms with Crippen LogP contribution in [-0.2, 0) is 0 Å². The summed E-state index contributed by atoms with van der Waals surface area (Å²) < 4.78 is 5.09. The van der Waals surface area contributed by atoms with Gasteiger partial charge in [-0.15, -0.1) is 0 Å². The summed E-state index contributed by atoms with van der Waals surface area (Å²) in [5, 5.41) is 8.55. The van der Waals surface area contributed by atoms with E-state index < -0.39 is 0 Å². The molecule has 1 saturated heterocycles. The van der Waals surface area contributed by atoms with Crippen LogP contribution in [0.2, 0.25) is 0 Å². The number of H-pyrrole nitrogens is 1. The molecule has 0 aromatic carbocycles. The molecule has 3 amide bonds. The van der Waals surface area contributed by atoms with Gasteiger partial charge in [-0.1, -0.05) is 0 Å². The Hall–Kier alpha value is -3.10. The van der Waals surface area contributed by atoms with E-state index in [1.807, 2.05) is 0 Å². The normalized spacial score (nSPS) is 14.6. The highest BCUT2D eigenvalue weighted by molar-refractivity contribution is 5.92. The first-order valence-electron chi connectivity index (χ1n) is 7.08. The summed E-state index contributed by atoms with van der Waals surface area (Å²) in [6.45, 7) is 1.65. The van der Waals surface area contributed by atoms with E-state index in [1.54, 1.807) is 21.9 Å². The number of hydrogen-bond acceptors (Lipinski definition) is 5. The molecule has 2 aromatic heterocycles. The number of nitrogens with one attached hydrogen (secondary N) is 2. The lowest BCUT2D eigenvalue weighted by Gasteiger charge is -2.34. The van der Waals surface area contributed by atoms with Crippen molar-refractivity contribution in [2.45, 2.75) is 0 Å². The third kappa shape index (κ3) is 3.39. The van der Waals surface area contributed by atoms with Crippen molar-refractivity contribution in [3.05, 3.63) is 46.6 Å². The number of aromatic nitrogens is 2. The minimum Gasteiger partial charge on any atom is -0.459 e. The van der Waals surface area contributed by atoms with Crippen LogP contribution in [0.25, 0.3) is 0 Å². The van der Waals surface area contributed by atoms with E-state index in [2.05, 4.69) is 15.5 Å². The standard InChI is InChI=1S/C14H15N5O4/c20-12-4-3-11(16-17-12)15-14(22)19-7-5-18(6-8-19)13(21)10-2-1-9-23-10/h1-4,9H,5-8H2,(H,17,20)(H,15,16,22). The Morgan fingerprint density at radius 3 is 2.48 bits per heavy atom. The molecule has 3 heterocycles. The highest BCUT2D eigenvalue weighted by Crippen LogP contribution is 2.10. The number of aromatic amines is 1. The zero-order valence-electron chi connectivity index (χ0n) is 12.2. The van der Waals surface area contributed by atoms with E-state index in [4.69, 9.17) is 4.42 Å². The fourth-order valence-corrected chi connectivity index (χ4v) is 2.27. The highest BCUT2D eigenvalue weighted by Gasteiger charge is 2.26. The first-order chi connectivity index (χ1) is 11.1. The summed E-state index contributed by atoms with van der Waals surface area (Å²) in [6, 6.07) is 5.66. The molecule has 0 radical (unpaired) electrons. The molecular formula is C14H15N5O4. The Kier molecular flexibility index (Phi) is 4.09. The number of piperazine rings is 1. The zero-order valence-corrected chi connectivity index (χ0v) is 12.2. The van der Waals surface area contributed by atoms with E-state index in [1.165, 1.54) is 18.4 Å². The average molecular weight is 317 g/mol. The second kappa shape index (κ2) is 6.34. The van der Waals surface area contributed by atoms with Crippen LogP contribution in [-0.4, -0.2) is 58.1 Å². The summed E-state index contributed by atoms with van der Waals surface area (Å²) >= 11 is 0. The van der Waals surface area contributed by atoms with Crippen LogP contribution < -0.4 is 10.9 Å². The molecule has 0 bridgehead atoms. The Morgan fingerprint density at radius 1 is 1.13 bits per heavy atom. The minimum atomic E-state index is -0.340. The van der Waals surface area contributed by atoms with Crippen LogP contribution in [0.15, 0.2) is 39.7 Å². The molecule has 3 rings (SSSR count). The summed E-state index contributed by atoms with van der Waals surface area (Å²) in [7, 11) is 0. The molecule has 9 heteroatoms. The van der Waals surface area contributed by atoms with Gasteiger partial charge in [-0.2, -0.15) is 5.10 Å². The van der Waals surface area contributed by atoms with Crippen molar-refractivity contribution in [2.75, 3.05) is 31.5 Å². The lowest BCUT2D eigenvalue weighted by Crippen LogP contribution is -2.51. The number of carbonyl (C=O) groups is 2. The number of anilines is 1. The topological polar surface area (TPSA) is 112 Å². The summed E-state index contributed by atoms with van der Waals surface area (Å²) in [6.07, 6.45) is 1.45. The predicted molar refractivity (Wildman–Crippen MR) is 80.1 cm³/mol. The molecule has 0 spiro atoms. The van der Waals surface area contributed by atoms with Gasteiger partial charge in [0, 0.05) is 32.2 Å². The van der Waals surface area contributed by atoms with Gasteiger partial charge in [-0.3, -0.25) is 14.9 Å². The van der Waals surface area contributed by atoms with Crippen molar-refractivity contribution in [3.8, 4) is 0 Å². The maximum atomic E-state index is 12.1. The molecule has 2 aromatic rings. The molecule has 1 fully saturated rings. The number of amides is 3. The quantitative estimate of drug-likeness (QED) is 0.830. The van der Waals surface area contributed by atoms with Crippen molar-refractivity contribution in [2.24, 2.45) is 0 Å². The first kappa shape index (κ1) is 14.8. The van der Waals surface area contributed by atoms with Crippen molar-refractivity contribution in [1.82, 2.24) is 20.0 Å². The fourth-order valence-electron chi connectivity index (χ4n) is 2.27. The van der Waals surface area contributed by atoms with Crippen molar-refractivity contribution >= 4 is 17.8 Å². The second-order valence-corrected chi connectivity index (χ2v) is 4.99. The van der Waals surface area contributed by atoms with Crippen molar-refractivity contribution in [1.29, 1.82) is 0 Å². The molecule has 1 aliphatic rings. The predicted octanol–water partition coefficient (Wildman–Crippen LogP) is 0.353. The number of rotatable bonds is 2. The van der Waals surface area contributed by atoms with E-state index in [0.29, 0.717) is 31.9 Å². The van der Waals surface area contributed by atoms with Gasteiger partial charge in [-0.05, 0) is 18.2 Å². The van der Waals surface area contributed by atoms with Gasteiger partial charge >= 0.3 is 6.03 Å². The van der Waals surface area contributed by atoms with Crippen molar-refractivity contribution in [3.63, 3.8) is 0 Å². The summed E-state index contributed by atoms with van der Waals surface area (Å²) in [5.41, 5.74) is -0.340. The molecule has 23 heavy (non-hydrogen) atoms. The largest absolute Gasteiger partial charge is 0.459 e. The van der Waals surface area contributed by atoms with E-state index in [0.717, 1.165) is 0 Å². The Morgan fingerprint density at radius 2 is 1.87 bits per heavy atom. The van der Waals surface area contributed by atoms with E-state index >= 15 is 0 Å². The van der Waals surface area contributed by atoms with Gasteiger partial charge in [0.25, 0.3) is 11.5 Å². The Bertz CT molecular complexity index is 726. The van der Waals surface area contributed by atoms with Gasteiger partial charge in [0.1, 0.15) is 0 Å². The van der Waals surface area contributed by atoms with Gasteiger partial charge in [0.2, 0.25) is 0 Å². The number of furan rings is 1. The number of hydrogen-bond donors (Lipinski definition) is 2. The third-order valence-electron chi connectivity index (χ3n) is 3.50. The first-order valence-corrected chi connectivity index (χ1v) is 7.08. The molecule has 0 atom stereocenters. The van der Waals surface area contributed by atoms with Gasteiger partial charge < -0.3 is 14.2 Å². The van der Waals surface area contributed by atoms with Crippen LogP contribution in [0.3, 0.4) is 0 Å².